The van der Waals surface area contributed by atoms with Gasteiger partial charge in [-0.15, -0.1) is 12.2 Å². The molecule has 7 rings (SSSR count). The molecule has 1 fully saturated rings. The van der Waals surface area contributed by atoms with Crippen molar-refractivity contribution in [1.29, 1.82) is 0 Å². The molecule has 0 unspecified atom stereocenters. The van der Waals surface area contributed by atoms with Crippen LogP contribution in [0.1, 0.15) is 50.7 Å². The standard InChI is InChI=1S/C40H40N2O2/c1-5-41(6-2)37-29-21-13-9-17-25(29)33(26-18-10-14-22-30(26)37)35-39(43)36(40(35)44)34-27-19-11-15-23-31(27)38(42(7-3)8-4)32-24-16-12-20-28(32)34/h9-24,35-36,39-40H,5-8H2,1-4H3/q-2. The smallest absolute Gasteiger partial charge is 0.0525 e. The second-order valence-corrected chi connectivity index (χ2v) is 12.0. The highest BCUT2D eigenvalue weighted by Crippen LogP contribution is 2.54. The van der Waals surface area contributed by atoms with Crippen molar-refractivity contribution in [3.05, 3.63) is 108 Å². The van der Waals surface area contributed by atoms with Crippen molar-refractivity contribution >= 4 is 54.5 Å². The van der Waals surface area contributed by atoms with Gasteiger partial charge in [0.2, 0.25) is 0 Å². The maximum atomic E-state index is 14.7. The highest BCUT2D eigenvalue weighted by atomic mass is 16.3. The maximum absolute atomic E-state index is 14.7. The highest BCUT2D eigenvalue weighted by molar-refractivity contribution is 6.16. The summed E-state index contributed by atoms with van der Waals surface area (Å²) in [7, 11) is 0. The minimum Gasteiger partial charge on any atom is -0.851 e. The van der Waals surface area contributed by atoms with Crippen molar-refractivity contribution in [2.75, 3.05) is 36.0 Å². The van der Waals surface area contributed by atoms with Crippen LogP contribution in [0.25, 0.3) is 43.1 Å². The van der Waals surface area contributed by atoms with Gasteiger partial charge in [0.25, 0.3) is 0 Å². The van der Waals surface area contributed by atoms with Crippen LogP contribution in [0, 0.1) is 0 Å². The molecule has 0 saturated heterocycles. The van der Waals surface area contributed by atoms with Crippen molar-refractivity contribution in [1.82, 2.24) is 0 Å². The van der Waals surface area contributed by atoms with Gasteiger partial charge in [-0.05, 0) is 72.2 Å². The Bertz CT molecular complexity index is 1720. The Kier molecular flexibility index (Phi) is 7.44. The van der Waals surface area contributed by atoms with Crippen LogP contribution >= 0.6 is 0 Å². The van der Waals surface area contributed by atoms with E-state index in [1.807, 2.05) is 24.3 Å². The lowest BCUT2D eigenvalue weighted by atomic mass is 9.60. The van der Waals surface area contributed by atoms with Gasteiger partial charge in [0, 0.05) is 47.7 Å². The molecule has 0 aromatic heterocycles. The first-order valence-electron chi connectivity index (χ1n) is 16.2. The minimum absolute atomic E-state index is 0.625. The van der Waals surface area contributed by atoms with E-state index in [0.717, 1.165) is 80.4 Å². The molecule has 1 aliphatic rings. The van der Waals surface area contributed by atoms with Gasteiger partial charge >= 0.3 is 0 Å². The number of fused-ring (bicyclic) bond motifs is 4. The van der Waals surface area contributed by atoms with Crippen LogP contribution in [0.3, 0.4) is 0 Å². The predicted octanol–water partition coefficient (Wildman–Crippen LogP) is 7.33. The Balaban J connectivity index is 1.45. The molecule has 0 N–H and O–H groups in total. The fourth-order valence-electron chi connectivity index (χ4n) is 8.09. The molecule has 4 nitrogen and oxygen atoms in total. The van der Waals surface area contributed by atoms with Crippen molar-refractivity contribution in [3.8, 4) is 0 Å². The van der Waals surface area contributed by atoms with E-state index in [-0.39, 0.29) is 0 Å². The van der Waals surface area contributed by atoms with Gasteiger partial charge in [-0.1, -0.05) is 97.1 Å². The highest BCUT2D eigenvalue weighted by Gasteiger charge is 2.42. The molecule has 1 aliphatic carbocycles. The average molecular weight is 581 g/mol. The molecule has 0 bridgehead atoms. The van der Waals surface area contributed by atoms with Crippen LogP contribution in [0.5, 0.6) is 0 Å². The van der Waals surface area contributed by atoms with Crippen LogP contribution in [0.2, 0.25) is 0 Å². The van der Waals surface area contributed by atoms with E-state index in [0.29, 0.717) is 0 Å². The van der Waals surface area contributed by atoms with Crippen LogP contribution in [-0.2, 0) is 0 Å². The van der Waals surface area contributed by atoms with Gasteiger partial charge in [0.15, 0.2) is 0 Å². The second-order valence-electron chi connectivity index (χ2n) is 12.0. The molecule has 4 heteroatoms. The van der Waals surface area contributed by atoms with Gasteiger partial charge in [0.1, 0.15) is 0 Å². The zero-order valence-electron chi connectivity index (χ0n) is 26.1. The van der Waals surface area contributed by atoms with Crippen LogP contribution in [0.15, 0.2) is 97.1 Å². The quantitative estimate of drug-likeness (QED) is 0.177. The first-order chi connectivity index (χ1) is 21.5. The van der Waals surface area contributed by atoms with E-state index in [4.69, 9.17) is 0 Å². The van der Waals surface area contributed by atoms with E-state index < -0.39 is 24.0 Å². The Labute approximate surface area is 260 Å². The molecule has 224 valence electrons. The third-order valence-corrected chi connectivity index (χ3v) is 10.1. The first-order valence-corrected chi connectivity index (χ1v) is 16.2. The molecule has 0 amide bonds. The third-order valence-electron chi connectivity index (χ3n) is 10.1. The molecule has 0 atom stereocenters. The molecule has 6 aromatic rings. The number of anilines is 2. The fourth-order valence-corrected chi connectivity index (χ4v) is 8.09. The van der Waals surface area contributed by atoms with E-state index >= 15 is 0 Å². The maximum Gasteiger partial charge on any atom is 0.0525 e. The van der Waals surface area contributed by atoms with Gasteiger partial charge in [-0.2, -0.15) is 0 Å². The topological polar surface area (TPSA) is 52.6 Å². The summed E-state index contributed by atoms with van der Waals surface area (Å²) in [6.07, 6.45) is -2.09. The van der Waals surface area contributed by atoms with Crippen molar-refractivity contribution in [3.63, 3.8) is 0 Å². The van der Waals surface area contributed by atoms with E-state index in [9.17, 15) is 10.2 Å². The number of benzene rings is 6. The van der Waals surface area contributed by atoms with Gasteiger partial charge in [-0.25, -0.2) is 0 Å². The predicted molar refractivity (Wildman–Crippen MR) is 183 cm³/mol. The zero-order chi connectivity index (χ0) is 30.5. The zero-order valence-corrected chi connectivity index (χ0v) is 26.1. The summed E-state index contributed by atoms with van der Waals surface area (Å²) in [5.74, 6) is -1.25. The molecule has 0 aliphatic heterocycles. The van der Waals surface area contributed by atoms with Crippen molar-refractivity contribution in [2.24, 2.45) is 0 Å². The molecule has 6 aromatic carbocycles. The molecular weight excluding hydrogens is 540 g/mol. The summed E-state index contributed by atoms with van der Waals surface area (Å²) >= 11 is 0. The third kappa shape index (κ3) is 4.12. The molecule has 44 heavy (non-hydrogen) atoms. The summed E-state index contributed by atoms with van der Waals surface area (Å²) in [6.45, 7) is 12.2. The molecule has 0 spiro atoms. The first kappa shape index (κ1) is 28.6. The number of hydrogen-bond acceptors (Lipinski definition) is 4. The van der Waals surface area contributed by atoms with Gasteiger partial charge in [0.05, 0.1) is 11.4 Å². The summed E-state index contributed by atoms with van der Waals surface area (Å²) in [5.41, 5.74) is 4.23. The lowest BCUT2D eigenvalue weighted by Gasteiger charge is -2.62. The minimum atomic E-state index is -1.05. The average Bonchev–Trinajstić information content (AvgIpc) is 3.07. The van der Waals surface area contributed by atoms with E-state index in [2.05, 4.69) is 110 Å². The molecule has 0 radical (unpaired) electrons. The molecule has 1 saturated carbocycles. The van der Waals surface area contributed by atoms with Crippen molar-refractivity contribution < 1.29 is 10.2 Å². The second kappa shape index (κ2) is 11.4. The molecular formula is C40H40N2O2-2. The van der Waals surface area contributed by atoms with Gasteiger partial charge < -0.3 is 20.0 Å². The molecule has 0 heterocycles. The summed E-state index contributed by atoms with van der Waals surface area (Å²) in [6, 6.07) is 33.5. The fraction of sp³-hybridized carbons (Fsp3) is 0.300. The lowest BCUT2D eigenvalue weighted by molar-refractivity contribution is -0.535. The van der Waals surface area contributed by atoms with Crippen LogP contribution in [0.4, 0.5) is 11.4 Å². The number of hydrogen-bond donors (Lipinski definition) is 0. The summed E-state index contributed by atoms with van der Waals surface area (Å²) in [4.78, 5) is 4.77. The number of rotatable bonds is 8. The van der Waals surface area contributed by atoms with E-state index in [1.165, 1.54) is 11.4 Å². The lowest BCUT2D eigenvalue weighted by Crippen LogP contribution is -2.63. The largest absolute Gasteiger partial charge is 0.851 e. The normalized spacial score (nSPS) is 20.0. The van der Waals surface area contributed by atoms with Crippen LogP contribution in [-0.4, -0.2) is 38.4 Å². The Morgan fingerprint density at radius 3 is 0.864 bits per heavy atom. The van der Waals surface area contributed by atoms with Crippen LogP contribution < -0.4 is 20.0 Å². The Hall–Kier alpha value is -4.12. The summed E-state index contributed by atoms with van der Waals surface area (Å²) < 4.78 is 0. The SMILES string of the molecule is CCN(CC)c1c2ccccc2c(C2C([O-])C(c3c4ccccc4c(N(CC)CC)c4ccccc34)C2[O-])c2ccccc12. The summed E-state index contributed by atoms with van der Waals surface area (Å²) in [5, 5.41) is 37.9. The Morgan fingerprint density at radius 2 is 0.636 bits per heavy atom. The van der Waals surface area contributed by atoms with E-state index in [1.54, 1.807) is 0 Å². The van der Waals surface area contributed by atoms with Crippen molar-refractivity contribution in [2.45, 2.75) is 51.7 Å². The number of nitrogens with zero attached hydrogens (tertiary/aromatic N) is 2. The monoisotopic (exact) mass is 580 g/mol. The Morgan fingerprint density at radius 1 is 0.409 bits per heavy atom. The van der Waals surface area contributed by atoms with Gasteiger partial charge in [-0.3, -0.25) is 0 Å².